The van der Waals surface area contributed by atoms with Crippen molar-refractivity contribution in [3.63, 3.8) is 0 Å². The molecule has 1 aliphatic rings. The van der Waals surface area contributed by atoms with Gasteiger partial charge >= 0.3 is 0 Å². The number of hydrogen-bond acceptors (Lipinski definition) is 3. The fourth-order valence-electron chi connectivity index (χ4n) is 2.18. The first-order valence-corrected chi connectivity index (χ1v) is 7.13. The molecule has 0 saturated carbocycles. The van der Waals surface area contributed by atoms with Gasteiger partial charge in [0.15, 0.2) is 0 Å². The topological polar surface area (TPSA) is 41.1 Å². The summed E-state index contributed by atoms with van der Waals surface area (Å²) in [7, 11) is 0. The van der Waals surface area contributed by atoms with E-state index in [0.717, 1.165) is 25.9 Å². The molecule has 0 unspecified atom stereocenters. The van der Waals surface area contributed by atoms with Crippen molar-refractivity contribution >= 4 is 28.8 Å². The van der Waals surface area contributed by atoms with E-state index in [2.05, 4.69) is 17.6 Å². The van der Waals surface area contributed by atoms with Crippen LogP contribution >= 0.6 is 22.9 Å². The van der Waals surface area contributed by atoms with Crippen LogP contribution in [0.25, 0.3) is 0 Å². The molecule has 0 radical (unpaired) electrons. The molecular formula is C12H17ClN2OS. The summed E-state index contributed by atoms with van der Waals surface area (Å²) in [5.41, 5.74) is 0. The van der Waals surface area contributed by atoms with Crippen molar-refractivity contribution in [2.45, 2.75) is 25.8 Å². The minimum Gasteiger partial charge on any atom is -0.349 e. The maximum Gasteiger partial charge on any atom is 0.261 e. The van der Waals surface area contributed by atoms with E-state index >= 15 is 0 Å². The molecule has 0 spiro atoms. The normalized spacial score (nSPS) is 18.9. The number of amides is 1. The van der Waals surface area contributed by atoms with Crippen molar-refractivity contribution in [3.05, 3.63) is 21.3 Å². The number of thiophene rings is 1. The Bertz CT molecular complexity index is 388. The lowest BCUT2D eigenvalue weighted by Gasteiger charge is -2.28. The smallest absolute Gasteiger partial charge is 0.261 e. The first kappa shape index (κ1) is 12.9. The lowest BCUT2D eigenvalue weighted by molar-refractivity contribution is 0.0925. The second kappa shape index (κ2) is 5.85. The molecule has 1 aliphatic heterocycles. The van der Waals surface area contributed by atoms with E-state index in [1.54, 1.807) is 12.1 Å². The van der Waals surface area contributed by atoms with E-state index in [9.17, 15) is 4.79 Å². The summed E-state index contributed by atoms with van der Waals surface area (Å²) < 4.78 is 0.657. The minimum absolute atomic E-state index is 0.00654. The number of carbonyl (C=O) groups is 1. The molecule has 94 valence electrons. The highest BCUT2D eigenvalue weighted by molar-refractivity contribution is 7.17. The van der Waals surface area contributed by atoms with Gasteiger partial charge in [0, 0.05) is 6.04 Å². The largest absolute Gasteiger partial charge is 0.349 e. The molecule has 1 amide bonds. The van der Waals surface area contributed by atoms with Gasteiger partial charge in [-0.2, -0.15) is 0 Å². The number of halogens is 1. The van der Waals surface area contributed by atoms with E-state index in [-0.39, 0.29) is 11.9 Å². The van der Waals surface area contributed by atoms with Crippen LogP contribution in [0.1, 0.15) is 29.4 Å². The van der Waals surface area contributed by atoms with Crippen LogP contribution in [0.3, 0.4) is 0 Å². The quantitative estimate of drug-likeness (QED) is 0.888. The molecule has 1 aromatic heterocycles. The predicted molar refractivity (Wildman–Crippen MR) is 71.9 cm³/mol. The molecule has 2 N–H and O–H groups in total. The van der Waals surface area contributed by atoms with Gasteiger partial charge < -0.3 is 10.6 Å². The summed E-state index contributed by atoms with van der Waals surface area (Å²) in [6, 6.07) is 3.76. The molecular weight excluding hydrogens is 256 g/mol. The second-order valence-electron chi connectivity index (χ2n) is 4.45. The number of rotatable bonds is 3. The fourth-order valence-corrected chi connectivity index (χ4v) is 3.12. The summed E-state index contributed by atoms with van der Waals surface area (Å²) in [6.07, 6.45) is 2.26. The van der Waals surface area contributed by atoms with Gasteiger partial charge in [-0.1, -0.05) is 11.6 Å². The van der Waals surface area contributed by atoms with Crippen LogP contribution in [0, 0.1) is 5.92 Å². The predicted octanol–water partition coefficient (Wildman–Crippen LogP) is 2.52. The Balaban J connectivity index is 1.89. The van der Waals surface area contributed by atoms with E-state index < -0.39 is 0 Å². The SMILES string of the molecule is C[C@H](NC(=O)c1ccc(Cl)s1)C1CCNCC1. The van der Waals surface area contributed by atoms with Crippen molar-refractivity contribution in [2.75, 3.05) is 13.1 Å². The maximum atomic E-state index is 11.9. The summed E-state index contributed by atoms with van der Waals surface area (Å²) in [5, 5.41) is 6.39. The molecule has 17 heavy (non-hydrogen) atoms. The van der Waals surface area contributed by atoms with Crippen LogP contribution in [0.15, 0.2) is 12.1 Å². The van der Waals surface area contributed by atoms with Crippen molar-refractivity contribution in [1.29, 1.82) is 0 Å². The van der Waals surface area contributed by atoms with Crippen molar-refractivity contribution in [1.82, 2.24) is 10.6 Å². The van der Waals surface area contributed by atoms with Crippen LogP contribution in [0.4, 0.5) is 0 Å². The third-order valence-corrected chi connectivity index (χ3v) is 4.48. The molecule has 2 heterocycles. The number of hydrogen-bond donors (Lipinski definition) is 2. The highest BCUT2D eigenvalue weighted by Gasteiger charge is 2.22. The van der Waals surface area contributed by atoms with Gasteiger partial charge in [-0.3, -0.25) is 4.79 Å². The molecule has 1 aromatic rings. The summed E-state index contributed by atoms with van der Waals surface area (Å²) in [5.74, 6) is 0.573. The molecule has 0 aliphatic carbocycles. The zero-order valence-corrected chi connectivity index (χ0v) is 11.4. The molecule has 5 heteroatoms. The zero-order chi connectivity index (χ0) is 12.3. The number of carbonyl (C=O) groups excluding carboxylic acids is 1. The van der Waals surface area contributed by atoms with Gasteiger partial charge in [0.05, 0.1) is 9.21 Å². The summed E-state index contributed by atoms with van der Waals surface area (Å²) in [6.45, 7) is 4.19. The molecule has 0 aromatic carbocycles. The molecule has 1 atom stereocenters. The molecule has 2 rings (SSSR count). The highest BCUT2D eigenvalue weighted by atomic mass is 35.5. The Morgan fingerprint density at radius 3 is 2.82 bits per heavy atom. The van der Waals surface area contributed by atoms with E-state index in [0.29, 0.717) is 15.1 Å². The van der Waals surface area contributed by atoms with Gasteiger partial charge in [-0.15, -0.1) is 11.3 Å². The van der Waals surface area contributed by atoms with Gasteiger partial charge in [-0.25, -0.2) is 0 Å². The van der Waals surface area contributed by atoms with E-state index in [4.69, 9.17) is 11.6 Å². The average molecular weight is 273 g/mol. The van der Waals surface area contributed by atoms with Crippen LogP contribution in [0.2, 0.25) is 4.34 Å². The van der Waals surface area contributed by atoms with E-state index in [1.807, 2.05) is 0 Å². The first-order valence-electron chi connectivity index (χ1n) is 5.94. The van der Waals surface area contributed by atoms with Gasteiger partial charge in [0.2, 0.25) is 0 Å². The van der Waals surface area contributed by atoms with Crippen LogP contribution < -0.4 is 10.6 Å². The van der Waals surface area contributed by atoms with Crippen LogP contribution in [-0.2, 0) is 0 Å². The Labute approximate surface area is 111 Å². The summed E-state index contributed by atoms with van der Waals surface area (Å²) in [4.78, 5) is 12.6. The Morgan fingerprint density at radius 2 is 2.24 bits per heavy atom. The summed E-state index contributed by atoms with van der Waals surface area (Å²) >= 11 is 7.15. The van der Waals surface area contributed by atoms with Crippen molar-refractivity contribution < 1.29 is 4.79 Å². The Morgan fingerprint density at radius 1 is 1.53 bits per heavy atom. The minimum atomic E-state index is -0.00654. The number of piperidine rings is 1. The van der Waals surface area contributed by atoms with Gasteiger partial charge in [0.1, 0.15) is 0 Å². The Kier molecular flexibility index (Phi) is 4.42. The monoisotopic (exact) mass is 272 g/mol. The Hall–Kier alpha value is -0.580. The number of nitrogens with one attached hydrogen (secondary N) is 2. The highest BCUT2D eigenvalue weighted by Crippen LogP contribution is 2.22. The maximum absolute atomic E-state index is 11.9. The standard InChI is InChI=1S/C12H17ClN2OS/c1-8(9-4-6-14-7-5-9)15-12(16)10-2-3-11(13)17-10/h2-3,8-9,14H,4-7H2,1H3,(H,15,16)/t8-/m0/s1. The van der Waals surface area contributed by atoms with E-state index in [1.165, 1.54) is 11.3 Å². The van der Waals surface area contributed by atoms with Crippen LogP contribution in [-0.4, -0.2) is 25.0 Å². The van der Waals surface area contributed by atoms with Gasteiger partial charge in [0.25, 0.3) is 5.91 Å². The molecule has 1 saturated heterocycles. The third-order valence-electron chi connectivity index (χ3n) is 3.25. The molecule has 3 nitrogen and oxygen atoms in total. The molecule has 0 bridgehead atoms. The van der Waals surface area contributed by atoms with Crippen molar-refractivity contribution in [2.24, 2.45) is 5.92 Å². The van der Waals surface area contributed by atoms with Crippen molar-refractivity contribution in [3.8, 4) is 0 Å². The van der Waals surface area contributed by atoms with Gasteiger partial charge in [-0.05, 0) is 50.9 Å². The lowest BCUT2D eigenvalue weighted by Crippen LogP contribution is -2.42. The first-order chi connectivity index (χ1) is 8.16. The third kappa shape index (κ3) is 3.44. The average Bonchev–Trinajstić information content (AvgIpc) is 2.77. The fraction of sp³-hybridized carbons (Fsp3) is 0.583. The zero-order valence-electron chi connectivity index (χ0n) is 9.83. The second-order valence-corrected chi connectivity index (χ2v) is 6.17. The van der Waals surface area contributed by atoms with Crippen LogP contribution in [0.5, 0.6) is 0 Å². The molecule has 1 fully saturated rings. The lowest BCUT2D eigenvalue weighted by atomic mass is 9.91.